The first-order valence-corrected chi connectivity index (χ1v) is 5.40. The minimum Gasteiger partial charge on any atom is -0.383 e. The Bertz CT molecular complexity index is 401. The molecule has 0 fully saturated rings. The molecule has 0 aliphatic carbocycles. The average Bonchev–Trinajstić information content (AvgIpc) is 2.28. The number of carbonyl (C=O) groups is 1. The van der Waals surface area contributed by atoms with Crippen molar-refractivity contribution in [2.75, 3.05) is 20.3 Å². The summed E-state index contributed by atoms with van der Waals surface area (Å²) in [4.78, 5) is 11.3. The van der Waals surface area contributed by atoms with Crippen molar-refractivity contribution in [2.24, 2.45) is 5.73 Å². The highest BCUT2D eigenvalue weighted by molar-refractivity contribution is 6.30. The number of hydrogen-bond donors (Lipinski definition) is 2. The zero-order valence-corrected chi connectivity index (χ0v) is 10.1. The fraction of sp³-hybridized carbons (Fsp3) is 0.364. The van der Waals surface area contributed by atoms with Crippen LogP contribution < -0.4 is 11.1 Å². The number of hydrogen-bond acceptors (Lipinski definition) is 3. The van der Waals surface area contributed by atoms with Gasteiger partial charge in [0.05, 0.1) is 11.6 Å². The highest BCUT2D eigenvalue weighted by Gasteiger charge is 2.18. The number of rotatable bonds is 6. The molecule has 0 aliphatic heterocycles. The van der Waals surface area contributed by atoms with Gasteiger partial charge in [0.1, 0.15) is 11.9 Å². The van der Waals surface area contributed by atoms with Crippen LogP contribution in [0.4, 0.5) is 4.39 Å². The second kappa shape index (κ2) is 6.54. The molecule has 1 atom stereocenters. The Morgan fingerprint density at radius 1 is 1.65 bits per heavy atom. The zero-order chi connectivity index (χ0) is 12.8. The summed E-state index contributed by atoms with van der Waals surface area (Å²) in [6, 6.07) is 3.38. The molecule has 1 unspecified atom stereocenters. The molecular formula is C11H14ClFN2O2. The summed E-state index contributed by atoms with van der Waals surface area (Å²) in [6.07, 6.45) is 0. The van der Waals surface area contributed by atoms with E-state index in [2.05, 4.69) is 5.32 Å². The molecule has 17 heavy (non-hydrogen) atoms. The van der Waals surface area contributed by atoms with Gasteiger partial charge in [0.2, 0.25) is 5.91 Å². The monoisotopic (exact) mass is 260 g/mol. The van der Waals surface area contributed by atoms with Crippen molar-refractivity contribution < 1.29 is 13.9 Å². The first-order valence-electron chi connectivity index (χ1n) is 5.03. The van der Waals surface area contributed by atoms with Crippen LogP contribution in [0, 0.1) is 5.82 Å². The standard InChI is InChI=1S/C11H14ClFN2O2/c1-17-5-4-15-10(11(14)16)7-2-3-8(12)9(13)6-7/h2-3,6,10,15H,4-5H2,1H3,(H2,14,16). The Balaban J connectivity index is 2.82. The molecule has 1 aromatic rings. The predicted molar refractivity (Wildman–Crippen MR) is 63.2 cm³/mol. The van der Waals surface area contributed by atoms with E-state index in [1.54, 1.807) is 13.2 Å². The molecule has 0 bridgehead atoms. The molecule has 94 valence electrons. The molecular weight excluding hydrogens is 247 g/mol. The van der Waals surface area contributed by atoms with Gasteiger partial charge in [0, 0.05) is 13.7 Å². The van der Waals surface area contributed by atoms with Gasteiger partial charge in [-0.25, -0.2) is 4.39 Å². The first-order chi connectivity index (χ1) is 8.06. The number of ether oxygens (including phenoxy) is 1. The Labute approximate surface area is 104 Å². The van der Waals surface area contributed by atoms with Crippen molar-refractivity contribution in [3.8, 4) is 0 Å². The molecule has 4 nitrogen and oxygen atoms in total. The lowest BCUT2D eigenvalue weighted by atomic mass is 10.1. The van der Waals surface area contributed by atoms with Crippen molar-refractivity contribution in [3.63, 3.8) is 0 Å². The molecule has 0 aliphatic rings. The van der Waals surface area contributed by atoms with Crippen molar-refractivity contribution in [1.29, 1.82) is 0 Å². The van der Waals surface area contributed by atoms with E-state index in [0.29, 0.717) is 18.7 Å². The summed E-state index contributed by atoms with van der Waals surface area (Å²) in [5.74, 6) is -1.16. The number of nitrogens with two attached hydrogens (primary N) is 1. The summed E-state index contributed by atoms with van der Waals surface area (Å²) in [5.41, 5.74) is 5.68. The number of halogens is 2. The summed E-state index contributed by atoms with van der Waals surface area (Å²) in [6.45, 7) is 0.869. The van der Waals surface area contributed by atoms with E-state index in [0.717, 1.165) is 0 Å². The van der Waals surface area contributed by atoms with Crippen molar-refractivity contribution >= 4 is 17.5 Å². The van der Waals surface area contributed by atoms with Crippen LogP contribution in [0.5, 0.6) is 0 Å². The smallest absolute Gasteiger partial charge is 0.239 e. The lowest BCUT2D eigenvalue weighted by molar-refractivity contribution is -0.120. The highest BCUT2D eigenvalue weighted by Crippen LogP contribution is 2.20. The molecule has 0 aromatic heterocycles. The van der Waals surface area contributed by atoms with Gasteiger partial charge in [-0.15, -0.1) is 0 Å². The topological polar surface area (TPSA) is 64.3 Å². The highest BCUT2D eigenvalue weighted by atomic mass is 35.5. The van der Waals surface area contributed by atoms with Gasteiger partial charge >= 0.3 is 0 Å². The second-order valence-corrected chi connectivity index (χ2v) is 3.86. The van der Waals surface area contributed by atoms with Crippen LogP contribution in [0.2, 0.25) is 5.02 Å². The van der Waals surface area contributed by atoms with E-state index in [1.165, 1.54) is 12.1 Å². The lowest BCUT2D eigenvalue weighted by Crippen LogP contribution is -2.35. The van der Waals surface area contributed by atoms with Crippen LogP contribution in [-0.2, 0) is 9.53 Å². The number of amides is 1. The maximum atomic E-state index is 13.3. The second-order valence-electron chi connectivity index (χ2n) is 3.46. The van der Waals surface area contributed by atoms with Gasteiger partial charge < -0.3 is 10.5 Å². The van der Waals surface area contributed by atoms with Gasteiger partial charge in [-0.1, -0.05) is 17.7 Å². The Kier molecular flexibility index (Phi) is 5.34. The number of nitrogens with one attached hydrogen (secondary N) is 1. The number of primary amides is 1. The molecule has 0 saturated carbocycles. The number of methoxy groups -OCH3 is 1. The maximum Gasteiger partial charge on any atom is 0.239 e. The largest absolute Gasteiger partial charge is 0.383 e. The van der Waals surface area contributed by atoms with Gasteiger partial charge in [0.25, 0.3) is 0 Å². The molecule has 1 rings (SSSR count). The van der Waals surface area contributed by atoms with Crippen LogP contribution in [0.1, 0.15) is 11.6 Å². The third-order valence-corrected chi connectivity index (χ3v) is 2.52. The molecule has 0 saturated heterocycles. The van der Waals surface area contributed by atoms with Crippen LogP contribution in [0.3, 0.4) is 0 Å². The lowest BCUT2D eigenvalue weighted by Gasteiger charge is -2.15. The minimum absolute atomic E-state index is 0.00821. The molecule has 6 heteroatoms. The van der Waals surface area contributed by atoms with E-state index >= 15 is 0 Å². The van der Waals surface area contributed by atoms with E-state index < -0.39 is 17.8 Å². The van der Waals surface area contributed by atoms with Gasteiger partial charge in [-0.3, -0.25) is 10.1 Å². The zero-order valence-electron chi connectivity index (χ0n) is 9.37. The predicted octanol–water partition coefficient (Wildman–Crippen LogP) is 1.24. The summed E-state index contributed by atoms with van der Waals surface area (Å²) >= 11 is 5.56. The fourth-order valence-electron chi connectivity index (χ4n) is 1.38. The van der Waals surface area contributed by atoms with Crippen LogP contribution >= 0.6 is 11.6 Å². The van der Waals surface area contributed by atoms with Gasteiger partial charge in [-0.2, -0.15) is 0 Å². The fourth-order valence-corrected chi connectivity index (χ4v) is 1.50. The molecule has 1 amide bonds. The van der Waals surface area contributed by atoms with E-state index in [9.17, 15) is 9.18 Å². The SMILES string of the molecule is COCCNC(C(N)=O)c1ccc(Cl)c(F)c1. The van der Waals surface area contributed by atoms with Gasteiger partial charge in [-0.05, 0) is 17.7 Å². The molecule has 3 N–H and O–H groups in total. The van der Waals surface area contributed by atoms with E-state index in [1.807, 2.05) is 0 Å². The molecule has 0 heterocycles. The van der Waals surface area contributed by atoms with Crippen molar-refractivity contribution in [1.82, 2.24) is 5.32 Å². The molecule has 0 radical (unpaired) electrons. The number of carbonyl (C=O) groups excluding carboxylic acids is 1. The van der Waals surface area contributed by atoms with E-state index in [-0.39, 0.29) is 5.02 Å². The van der Waals surface area contributed by atoms with Crippen LogP contribution in [-0.4, -0.2) is 26.2 Å². The normalized spacial score (nSPS) is 12.4. The first kappa shape index (κ1) is 13.9. The average molecular weight is 261 g/mol. The molecule has 0 spiro atoms. The Morgan fingerprint density at radius 3 is 2.88 bits per heavy atom. The third-order valence-electron chi connectivity index (χ3n) is 2.22. The maximum absolute atomic E-state index is 13.3. The third kappa shape index (κ3) is 3.96. The summed E-state index contributed by atoms with van der Waals surface area (Å²) < 4.78 is 18.1. The minimum atomic E-state index is -0.753. The Morgan fingerprint density at radius 2 is 2.35 bits per heavy atom. The van der Waals surface area contributed by atoms with Crippen molar-refractivity contribution in [3.05, 3.63) is 34.6 Å². The summed E-state index contributed by atoms with van der Waals surface area (Å²) in [7, 11) is 1.54. The Hall–Kier alpha value is -1.17. The molecule has 1 aromatic carbocycles. The summed E-state index contributed by atoms with van der Waals surface area (Å²) in [5, 5.41) is 2.88. The van der Waals surface area contributed by atoms with E-state index in [4.69, 9.17) is 22.1 Å². The van der Waals surface area contributed by atoms with Crippen LogP contribution in [0.25, 0.3) is 0 Å². The van der Waals surface area contributed by atoms with Crippen LogP contribution in [0.15, 0.2) is 18.2 Å². The van der Waals surface area contributed by atoms with Crippen molar-refractivity contribution in [2.45, 2.75) is 6.04 Å². The van der Waals surface area contributed by atoms with Gasteiger partial charge in [0.15, 0.2) is 0 Å². The quantitative estimate of drug-likeness (QED) is 0.757. The number of benzene rings is 1.